The second-order valence-electron chi connectivity index (χ2n) is 4.55. The molecule has 8 heteroatoms. The summed E-state index contributed by atoms with van der Waals surface area (Å²) >= 11 is 0. The summed E-state index contributed by atoms with van der Waals surface area (Å²) in [5, 5.41) is 13.7. The van der Waals surface area contributed by atoms with Crippen LogP contribution in [0.3, 0.4) is 0 Å². The SMILES string of the molecule is CCCc1[nH]nc(C(=O)NCCc2ncn(C)n2)c1N. The van der Waals surface area contributed by atoms with Crippen molar-refractivity contribution in [2.45, 2.75) is 26.2 Å². The number of amides is 1. The number of carbonyl (C=O) groups excluding carboxylic acids is 1. The average Bonchev–Trinajstić information content (AvgIpc) is 2.98. The molecule has 1 amide bonds. The lowest BCUT2D eigenvalue weighted by molar-refractivity contribution is 0.0950. The maximum atomic E-state index is 12.0. The van der Waals surface area contributed by atoms with Crippen LogP contribution < -0.4 is 11.1 Å². The second kappa shape index (κ2) is 6.18. The number of nitrogens with one attached hydrogen (secondary N) is 2. The molecule has 0 aliphatic carbocycles. The molecule has 0 radical (unpaired) electrons. The fraction of sp³-hybridized carbons (Fsp3) is 0.500. The number of nitrogens with zero attached hydrogens (tertiary/aromatic N) is 4. The average molecular weight is 277 g/mol. The van der Waals surface area contributed by atoms with Crippen LogP contribution in [-0.4, -0.2) is 37.4 Å². The zero-order chi connectivity index (χ0) is 14.5. The number of aromatic nitrogens is 5. The van der Waals surface area contributed by atoms with Crippen molar-refractivity contribution in [3.8, 4) is 0 Å². The topological polar surface area (TPSA) is 115 Å². The van der Waals surface area contributed by atoms with Crippen molar-refractivity contribution in [1.82, 2.24) is 30.3 Å². The van der Waals surface area contributed by atoms with Crippen molar-refractivity contribution in [3.63, 3.8) is 0 Å². The third-order valence-corrected chi connectivity index (χ3v) is 2.88. The van der Waals surface area contributed by atoms with E-state index in [2.05, 4.69) is 25.6 Å². The predicted octanol–water partition coefficient (Wildman–Crippen LogP) is 0.0454. The first-order valence-corrected chi connectivity index (χ1v) is 6.57. The van der Waals surface area contributed by atoms with Crippen LogP contribution in [0.25, 0.3) is 0 Å². The first kappa shape index (κ1) is 14.0. The molecule has 2 aromatic rings. The van der Waals surface area contributed by atoms with Crippen molar-refractivity contribution < 1.29 is 4.79 Å². The predicted molar refractivity (Wildman–Crippen MR) is 74.0 cm³/mol. The molecule has 0 saturated carbocycles. The van der Waals surface area contributed by atoms with Gasteiger partial charge in [0.1, 0.15) is 6.33 Å². The molecule has 0 aliphatic rings. The van der Waals surface area contributed by atoms with E-state index in [-0.39, 0.29) is 11.6 Å². The van der Waals surface area contributed by atoms with E-state index in [1.165, 1.54) is 0 Å². The number of H-pyrrole nitrogens is 1. The van der Waals surface area contributed by atoms with Crippen molar-refractivity contribution >= 4 is 11.6 Å². The van der Waals surface area contributed by atoms with Gasteiger partial charge in [0.25, 0.3) is 5.91 Å². The highest BCUT2D eigenvalue weighted by atomic mass is 16.1. The Bertz CT molecular complexity index is 586. The van der Waals surface area contributed by atoms with Crippen LogP contribution in [0.4, 0.5) is 5.69 Å². The highest BCUT2D eigenvalue weighted by Crippen LogP contribution is 2.15. The Morgan fingerprint density at radius 3 is 2.95 bits per heavy atom. The molecule has 0 unspecified atom stereocenters. The molecule has 0 bridgehead atoms. The Hall–Kier alpha value is -2.38. The van der Waals surface area contributed by atoms with Gasteiger partial charge in [-0.1, -0.05) is 13.3 Å². The molecule has 108 valence electrons. The number of nitrogen functional groups attached to an aromatic ring is 1. The van der Waals surface area contributed by atoms with E-state index in [1.807, 2.05) is 6.92 Å². The minimum Gasteiger partial charge on any atom is -0.395 e. The third kappa shape index (κ3) is 3.14. The summed E-state index contributed by atoms with van der Waals surface area (Å²) in [5.74, 6) is 0.409. The van der Waals surface area contributed by atoms with Gasteiger partial charge in [-0.2, -0.15) is 10.2 Å². The molecule has 0 saturated heterocycles. The van der Waals surface area contributed by atoms with Crippen molar-refractivity contribution in [2.75, 3.05) is 12.3 Å². The van der Waals surface area contributed by atoms with Gasteiger partial charge in [-0.3, -0.25) is 14.6 Å². The highest BCUT2D eigenvalue weighted by molar-refractivity contribution is 5.97. The summed E-state index contributed by atoms with van der Waals surface area (Å²) in [6.45, 7) is 2.48. The second-order valence-corrected chi connectivity index (χ2v) is 4.55. The Morgan fingerprint density at radius 1 is 1.50 bits per heavy atom. The van der Waals surface area contributed by atoms with Crippen LogP contribution in [0.5, 0.6) is 0 Å². The largest absolute Gasteiger partial charge is 0.395 e. The van der Waals surface area contributed by atoms with Crippen molar-refractivity contribution in [1.29, 1.82) is 0 Å². The third-order valence-electron chi connectivity index (χ3n) is 2.88. The summed E-state index contributed by atoms with van der Waals surface area (Å²) in [7, 11) is 1.80. The van der Waals surface area contributed by atoms with Gasteiger partial charge in [0, 0.05) is 20.0 Å². The lowest BCUT2D eigenvalue weighted by atomic mass is 10.2. The molecule has 0 fully saturated rings. The fourth-order valence-electron chi connectivity index (χ4n) is 1.87. The van der Waals surface area contributed by atoms with Crippen LogP contribution in [-0.2, 0) is 19.9 Å². The number of carbonyl (C=O) groups is 1. The Morgan fingerprint density at radius 2 is 2.30 bits per heavy atom. The summed E-state index contributed by atoms with van der Waals surface area (Å²) in [6.07, 6.45) is 3.92. The molecule has 0 spiro atoms. The van der Waals surface area contributed by atoms with Gasteiger partial charge in [-0.25, -0.2) is 4.98 Å². The smallest absolute Gasteiger partial charge is 0.273 e. The van der Waals surface area contributed by atoms with Gasteiger partial charge in [0.05, 0.1) is 11.4 Å². The number of anilines is 1. The standard InChI is InChI=1S/C12H19N7O/c1-3-4-8-10(13)11(17-16-8)12(20)14-6-5-9-15-7-19(2)18-9/h7H,3-6,13H2,1-2H3,(H,14,20)(H,16,17). The van der Waals surface area contributed by atoms with Gasteiger partial charge in [0.2, 0.25) is 0 Å². The van der Waals surface area contributed by atoms with E-state index in [9.17, 15) is 4.79 Å². The van der Waals surface area contributed by atoms with Gasteiger partial charge < -0.3 is 11.1 Å². The molecule has 0 aromatic carbocycles. The minimum atomic E-state index is -0.281. The normalized spacial score (nSPS) is 10.7. The highest BCUT2D eigenvalue weighted by Gasteiger charge is 2.16. The molecule has 2 aromatic heterocycles. The monoisotopic (exact) mass is 277 g/mol. The molecule has 2 rings (SSSR count). The Labute approximate surface area is 116 Å². The van der Waals surface area contributed by atoms with E-state index >= 15 is 0 Å². The first-order chi connectivity index (χ1) is 9.61. The van der Waals surface area contributed by atoms with Gasteiger partial charge in [-0.15, -0.1) is 0 Å². The Balaban J connectivity index is 1.88. The van der Waals surface area contributed by atoms with Gasteiger partial charge in [-0.05, 0) is 6.42 Å². The van der Waals surface area contributed by atoms with E-state index in [0.717, 1.165) is 18.5 Å². The quantitative estimate of drug-likeness (QED) is 0.690. The van der Waals surface area contributed by atoms with E-state index in [4.69, 9.17) is 5.73 Å². The molecule has 0 atom stereocenters. The maximum Gasteiger partial charge on any atom is 0.273 e. The summed E-state index contributed by atoms with van der Waals surface area (Å²) in [5.41, 5.74) is 7.39. The maximum absolute atomic E-state index is 12.0. The van der Waals surface area contributed by atoms with Crippen LogP contribution in [0.1, 0.15) is 35.4 Å². The molecule has 20 heavy (non-hydrogen) atoms. The summed E-state index contributed by atoms with van der Waals surface area (Å²) < 4.78 is 1.62. The van der Waals surface area contributed by atoms with E-state index < -0.39 is 0 Å². The number of aromatic amines is 1. The molecule has 0 aliphatic heterocycles. The number of rotatable bonds is 6. The molecular weight excluding hydrogens is 258 g/mol. The zero-order valence-corrected chi connectivity index (χ0v) is 11.7. The number of hydrogen-bond acceptors (Lipinski definition) is 5. The molecular formula is C12H19N7O. The number of aryl methyl sites for hydroxylation is 2. The lowest BCUT2D eigenvalue weighted by Crippen LogP contribution is -2.27. The first-order valence-electron chi connectivity index (χ1n) is 6.57. The Kier molecular flexibility index (Phi) is 4.34. The van der Waals surface area contributed by atoms with Crippen LogP contribution >= 0.6 is 0 Å². The number of hydrogen-bond donors (Lipinski definition) is 3. The van der Waals surface area contributed by atoms with E-state index in [1.54, 1.807) is 18.1 Å². The van der Waals surface area contributed by atoms with Gasteiger partial charge in [0.15, 0.2) is 11.5 Å². The number of nitrogens with two attached hydrogens (primary N) is 1. The van der Waals surface area contributed by atoms with Crippen LogP contribution in [0.15, 0.2) is 6.33 Å². The van der Waals surface area contributed by atoms with Crippen molar-refractivity contribution in [3.05, 3.63) is 23.5 Å². The zero-order valence-electron chi connectivity index (χ0n) is 11.7. The summed E-state index contributed by atoms with van der Waals surface area (Å²) in [4.78, 5) is 16.0. The van der Waals surface area contributed by atoms with Crippen LogP contribution in [0, 0.1) is 0 Å². The lowest BCUT2D eigenvalue weighted by Gasteiger charge is -2.02. The molecule has 8 nitrogen and oxygen atoms in total. The fourth-order valence-corrected chi connectivity index (χ4v) is 1.87. The molecule has 2 heterocycles. The minimum absolute atomic E-state index is 0.252. The van der Waals surface area contributed by atoms with Gasteiger partial charge >= 0.3 is 0 Å². The summed E-state index contributed by atoms with van der Waals surface area (Å²) in [6, 6.07) is 0. The van der Waals surface area contributed by atoms with Crippen LogP contribution in [0.2, 0.25) is 0 Å². The van der Waals surface area contributed by atoms with E-state index in [0.29, 0.717) is 24.5 Å². The molecule has 4 N–H and O–H groups in total. The van der Waals surface area contributed by atoms with Crippen molar-refractivity contribution in [2.24, 2.45) is 7.05 Å².